The van der Waals surface area contributed by atoms with Crippen molar-refractivity contribution in [2.45, 2.75) is 24.7 Å². The number of esters is 1. The summed E-state index contributed by atoms with van der Waals surface area (Å²) in [6.45, 7) is 2.01. The molecule has 0 aliphatic heterocycles. The summed E-state index contributed by atoms with van der Waals surface area (Å²) in [7, 11) is -1.51. The number of ether oxygens (including phenoxy) is 1. The van der Waals surface area contributed by atoms with E-state index in [0.717, 1.165) is 33.6 Å². The summed E-state index contributed by atoms with van der Waals surface area (Å²) < 4.78 is 44.0. The second kappa shape index (κ2) is 10.3. The number of hydrogen-bond donors (Lipinski definition) is 1. The Morgan fingerprint density at radius 3 is 2.40 bits per heavy atom. The topological polar surface area (TPSA) is 92.8 Å². The van der Waals surface area contributed by atoms with E-state index in [-0.39, 0.29) is 24.6 Å². The number of carbonyl (C=O) groups is 2. The molecule has 0 radical (unpaired) electrons. The first-order valence-corrected chi connectivity index (χ1v) is 10.8. The van der Waals surface area contributed by atoms with Gasteiger partial charge >= 0.3 is 5.97 Å². The van der Waals surface area contributed by atoms with Crippen LogP contribution in [0.25, 0.3) is 0 Å². The third kappa shape index (κ3) is 6.36. The molecular formula is C21H25FN2O5S. The number of benzene rings is 2. The normalized spacial score (nSPS) is 11.4. The van der Waals surface area contributed by atoms with Gasteiger partial charge in [-0.25, -0.2) is 21.9 Å². The van der Waals surface area contributed by atoms with E-state index in [2.05, 4.69) is 5.32 Å². The van der Waals surface area contributed by atoms with E-state index < -0.39 is 26.7 Å². The zero-order valence-electron chi connectivity index (χ0n) is 17.1. The van der Waals surface area contributed by atoms with Gasteiger partial charge in [0.2, 0.25) is 15.9 Å². The molecule has 9 heteroatoms. The average molecular weight is 437 g/mol. The van der Waals surface area contributed by atoms with Gasteiger partial charge in [0, 0.05) is 20.5 Å². The fraction of sp³-hybridized carbons (Fsp3) is 0.333. The number of halogens is 1. The van der Waals surface area contributed by atoms with Crippen molar-refractivity contribution >= 4 is 21.9 Å². The van der Waals surface area contributed by atoms with Crippen LogP contribution in [0.1, 0.15) is 27.9 Å². The van der Waals surface area contributed by atoms with E-state index in [1.165, 1.54) is 14.1 Å². The molecule has 162 valence electrons. The third-order valence-corrected chi connectivity index (χ3v) is 6.17. The second-order valence-electron chi connectivity index (χ2n) is 6.90. The first kappa shape index (κ1) is 23.5. The quantitative estimate of drug-likeness (QED) is 0.481. The second-order valence-corrected chi connectivity index (χ2v) is 9.02. The molecule has 30 heavy (non-hydrogen) atoms. The number of nitrogens with one attached hydrogen (secondary N) is 1. The number of hydrogen-bond acceptors (Lipinski definition) is 5. The standard InChI is InChI=1S/C21H25FN2O5S/c1-15-4-6-16(7-5-15)8-11-20(25)23-12-13-29-21(26)17-9-10-18(22)19(14-17)30(27,28)24(2)3/h4-7,9-10,14H,8,11-13H2,1-3H3,(H,23,25). The van der Waals surface area contributed by atoms with Crippen LogP contribution in [0.5, 0.6) is 0 Å². The minimum absolute atomic E-state index is 0.0949. The summed E-state index contributed by atoms with van der Waals surface area (Å²) in [5.41, 5.74) is 2.11. The summed E-state index contributed by atoms with van der Waals surface area (Å²) >= 11 is 0. The molecule has 0 fully saturated rings. The molecule has 0 spiro atoms. The van der Waals surface area contributed by atoms with Gasteiger partial charge in [0.25, 0.3) is 0 Å². The van der Waals surface area contributed by atoms with Gasteiger partial charge in [-0.1, -0.05) is 29.8 Å². The highest BCUT2D eigenvalue weighted by molar-refractivity contribution is 7.89. The van der Waals surface area contributed by atoms with Crippen LogP contribution in [0, 0.1) is 12.7 Å². The van der Waals surface area contributed by atoms with Gasteiger partial charge in [-0.2, -0.15) is 0 Å². The largest absolute Gasteiger partial charge is 0.460 e. The highest BCUT2D eigenvalue weighted by atomic mass is 32.2. The maximum absolute atomic E-state index is 13.9. The number of carbonyl (C=O) groups excluding carboxylic acids is 2. The van der Waals surface area contributed by atoms with Crippen molar-refractivity contribution in [1.29, 1.82) is 0 Å². The van der Waals surface area contributed by atoms with E-state index in [1.807, 2.05) is 31.2 Å². The lowest BCUT2D eigenvalue weighted by Crippen LogP contribution is -2.28. The fourth-order valence-corrected chi connectivity index (χ4v) is 3.53. The maximum Gasteiger partial charge on any atom is 0.338 e. The molecule has 0 bridgehead atoms. The zero-order chi connectivity index (χ0) is 22.3. The Bertz CT molecular complexity index is 1000. The fourth-order valence-electron chi connectivity index (χ4n) is 2.54. The van der Waals surface area contributed by atoms with Crippen LogP contribution < -0.4 is 5.32 Å². The molecule has 1 N–H and O–H groups in total. The molecule has 0 aromatic heterocycles. The first-order valence-electron chi connectivity index (χ1n) is 9.32. The predicted octanol–water partition coefficient (Wildman–Crippen LogP) is 2.29. The first-order chi connectivity index (χ1) is 14.1. The van der Waals surface area contributed by atoms with Gasteiger partial charge < -0.3 is 10.1 Å². The van der Waals surface area contributed by atoms with E-state index in [4.69, 9.17) is 4.74 Å². The van der Waals surface area contributed by atoms with Crippen molar-refractivity contribution in [3.8, 4) is 0 Å². The van der Waals surface area contributed by atoms with Gasteiger partial charge in [-0.3, -0.25) is 4.79 Å². The van der Waals surface area contributed by atoms with E-state index in [0.29, 0.717) is 12.8 Å². The summed E-state index contributed by atoms with van der Waals surface area (Å²) in [6, 6.07) is 10.9. The van der Waals surface area contributed by atoms with Crippen LogP contribution in [-0.2, 0) is 26.0 Å². The molecular weight excluding hydrogens is 411 g/mol. The minimum atomic E-state index is -4.04. The third-order valence-electron chi connectivity index (χ3n) is 4.34. The van der Waals surface area contributed by atoms with Gasteiger partial charge in [0.05, 0.1) is 12.1 Å². The van der Waals surface area contributed by atoms with Crippen LogP contribution in [-0.4, -0.2) is 51.8 Å². The molecule has 0 saturated carbocycles. The molecule has 0 aliphatic rings. The van der Waals surface area contributed by atoms with Crippen molar-refractivity contribution in [2.75, 3.05) is 27.2 Å². The molecule has 0 aliphatic carbocycles. The number of aryl methyl sites for hydroxylation is 2. The molecule has 2 rings (SSSR count). The molecule has 2 aromatic rings. The van der Waals surface area contributed by atoms with E-state index in [9.17, 15) is 22.4 Å². The summed E-state index contributed by atoms with van der Waals surface area (Å²) in [6.07, 6.45) is 0.908. The lowest BCUT2D eigenvalue weighted by Gasteiger charge is -2.13. The predicted molar refractivity (Wildman–Crippen MR) is 110 cm³/mol. The Balaban J connectivity index is 1.82. The molecule has 1 amide bonds. The van der Waals surface area contributed by atoms with Crippen molar-refractivity contribution in [3.63, 3.8) is 0 Å². The lowest BCUT2D eigenvalue weighted by atomic mass is 10.1. The van der Waals surface area contributed by atoms with Crippen LogP contribution in [0.15, 0.2) is 47.4 Å². The van der Waals surface area contributed by atoms with Gasteiger partial charge in [0.1, 0.15) is 17.3 Å². The zero-order valence-corrected chi connectivity index (χ0v) is 18.0. The van der Waals surface area contributed by atoms with Crippen LogP contribution >= 0.6 is 0 Å². The summed E-state index contributed by atoms with van der Waals surface area (Å²) in [5.74, 6) is -1.94. The van der Waals surface area contributed by atoms with Gasteiger partial charge in [-0.15, -0.1) is 0 Å². The molecule has 2 aromatic carbocycles. The van der Waals surface area contributed by atoms with Gasteiger partial charge in [0.15, 0.2) is 0 Å². The van der Waals surface area contributed by atoms with E-state index in [1.54, 1.807) is 0 Å². The highest BCUT2D eigenvalue weighted by Crippen LogP contribution is 2.19. The monoisotopic (exact) mass is 436 g/mol. The van der Waals surface area contributed by atoms with Crippen molar-refractivity contribution in [3.05, 3.63) is 65.0 Å². The smallest absolute Gasteiger partial charge is 0.338 e. The molecule has 0 heterocycles. The number of sulfonamides is 1. The number of amides is 1. The minimum Gasteiger partial charge on any atom is -0.460 e. The van der Waals surface area contributed by atoms with Crippen LogP contribution in [0.4, 0.5) is 4.39 Å². The molecule has 0 atom stereocenters. The maximum atomic E-state index is 13.9. The Hall–Kier alpha value is -2.78. The Morgan fingerprint density at radius 2 is 1.77 bits per heavy atom. The number of nitrogens with zero attached hydrogens (tertiary/aromatic N) is 1. The Kier molecular flexibility index (Phi) is 8.08. The van der Waals surface area contributed by atoms with Crippen molar-refractivity contribution in [2.24, 2.45) is 0 Å². The average Bonchev–Trinajstić information content (AvgIpc) is 2.70. The number of rotatable bonds is 9. The van der Waals surface area contributed by atoms with E-state index >= 15 is 0 Å². The SMILES string of the molecule is Cc1ccc(CCC(=O)NCCOC(=O)c2ccc(F)c(S(=O)(=O)N(C)C)c2)cc1. The summed E-state index contributed by atoms with van der Waals surface area (Å²) in [4.78, 5) is 23.4. The molecule has 0 saturated heterocycles. The lowest BCUT2D eigenvalue weighted by molar-refractivity contribution is -0.121. The Morgan fingerprint density at radius 1 is 1.10 bits per heavy atom. The highest BCUT2D eigenvalue weighted by Gasteiger charge is 2.23. The molecule has 0 unspecified atom stereocenters. The van der Waals surface area contributed by atoms with Crippen LogP contribution in [0.2, 0.25) is 0 Å². The summed E-state index contributed by atoms with van der Waals surface area (Å²) in [5, 5.41) is 2.65. The Labute approximate surface area is 175 Å². The molecule has 7 nitrogen and oxygen atoms in total. The van der Waals surface area contributed by atoms with Crippen molar-refractivity contribution in [1.82, 2.24) is 9.62 Å². The van der Waals surface area contributed by atoms with Crippen molar-refractivity contribution < 1.29 is 27.1 Å². The van der Waals surface area contributed by atoms with Gasteiger partial charge in [-0.05, 0) is 37.1 Å². The van der Waals surface area contributed by atoms with Crippen LogP contribution in [0.3, 0.4) is 0 Å².